The van der Waals surface area contributed by atoms with Gasteiger partial charge in [-0.05, 0) is 49.2 Å². The van der Waals surface area contributed by atoms with E-state index in [0.717, 1.165) is 11.1 Å². The second-order valence-corrected chi connectivity index (χ2v) is 8.52. The van der Waals surface area contributed by atoms with Gasteiger partial charge in [0.2, 0.25) is 0 Å². The Morgan fingerprint density at radius 3 is 2.75 bits per heavy atom. The number of thiazole rings is 1. The fraction of sp³-hybridized carbons (Fsp3) is 0.208. The Balaban J connectivity index is 1.98. The SMILES string of the molecule is CCOC(=O)C1=C(C)N=c2sc(=Cc3ccccc3Cl)c(=O)n2C1c1cccc(OC)c1. The van der Waals surface area contributed by atoms with Gasteiger partial charge >= 0.3 is 5.97 Å². The maximum Gasteiger partial charge on any atom is 0.338 e. The van der Waals surface area contributed by atoms with Crippen LogP contribution in [0.3, 0.4) is 0 Å². The molecule has 1 aromatic heterocycles. The maximum atomic E-state index is 13.5. The number of carbonyl (C=O) groups is 1. The van der Waals surface area contributed by atoms with E-state index < -0.39 is 12.0 Å². The van der Waals surface area contributed by atoms with Crippen LogP contribution in [0, 0.1) is 0 Å². The van der Waals surface area contributed by atoms with Crippen LogP contribution < -0.4 is 19.6 Å². The van der Waals surface area contributed by atoms with Crippen molar-refractivity contribution >= 4 is 35.0 Å². The Morgan fingerprint density at radius 1 is 1.25 bits per heavy atom. The molecule has 1 aliphatic rings. The summed E-state index contributed by atoms with van der Waals surface area (Å²) in [5.41, 5.74) is 2.06. The van der Waals surface area contributed by atoms with Gasteiger partial charge in [0.15, 0.2) is 4.80 Å². The lowest BCUT2D eigenvalue weighted by atomic mass is 9.95. The largest absolute Gasteiger partial charge is 0.497 e. The van der Waals surface area contributed by atoms with Gasteiger partial charge in [-0.3, -0.25) is 9.36 Å². The standard InChI is InChI=1S/C24H21ClN2O4S/c1-4-31-23(29)20-14(2)26-24-27(21(20)16-9-7-10-17(12-16)30-3)22(28)19(32-24)13-15-8-5-6-11-18(15)25/h5-13,21H,4H2,1-3H3. The average Bonchev–Trinajstić information content (AvgIpc) is 3.09. The fourth-order valence-electron chi connectivity index (χ4n) is 3.65. The first-order chi connectivity index (χ1) is 15.4. The quantitative estimate of drug-likeness (QED) is 0.538. The van der Waals surface area contributed by atoms with Gasteiger partial charge < -0.3 is 9.47 Å². The lowest BCUT2D eigenvalue weighted by Crippen LogP contribution is -2.39. The van der Waals surface area contributed by atoms with Crippen LogP contribution in [0.25, 0.3) is 6.08 Å². The molecule has 1 atom stereocenters. The molecule has 1 unspecified atom stereocenters. The van der Waals surface area contributed by atoms with Gasteiger partial charge in [0, 0.05) is 5.02 Å². The van der Waals surface area contributed by atoms with Crippen molar-refractivity contribution in [1.82, 2.24) is 4.57 Å². The van der Waals surface area contributed by atoms with Crippen LogP contribution in [0.5, 0.6) is 5.75 Å². The van der Waals surface area contributed by atoms with E-state index in [-0.39, 0.29) is 12.2 Å². The Labute approximate surface area is 193 Å². The molecule has 6 nitrogen and oxygen atoms in total. The second kappa shape index (κ2) is 9.14. The first kappa shape index (κ1) is 22.0. The maximum absolute atomic E-state index is 13.5. The Kier molecular flexibility index (Phi) is 6.30. The van der Waals surface area contributed by atoms with Crippen LogP contribution in [0.1, 0.15) is 31.0 Å². The van der Waals surface area contributed by atoms with Crippen LogP contribution in [0.15, 0.2) is 69.6 Å². The summed E-state index contributed by atoms with van der Waals surface area (Å²) in [5, 5.41) is 0.547. The van der Waals surface area contributed by atoms with E-state index in [4.69, 9.17) is 21.1 Å². The lowest BCUT2D eigenvalue weighted by molar-refractivity contribution is -0.139. The van der Waals surface area contributed by atoms with E-state index in [1.807, 2.05) is 42.5 Å². The minimum Gasteiger partial charge on any atom is -0.497 e. The van der Waals surface area contributed by atoms with Gasteiger partial charge in [0.05, 0.1) is 35.6 Å². The van der Waals surface area contributed by atoms with Gasteiger partial charge in [0.25, 0.3) is 5.56 Å². The average molecular weight is 469 g/mol. The van der Waals surface area contributed by atoms with Crippen molar-refractivity contribution in [3.05, 3.63) is 95.6 Å². The summed E-state index contributed by atoms with van der Waals surface area (Å²) in [6.45, 7) is 3.72. The van der Waals surface area contributed by atoms with E-state index in [1.54, 1.807) is 37.7 Å². The third kappa shape index (κ3) is 4.01. The molecule has 0 fully saturated rings. The third-order valence-electron chi connectivity index (χ3n) is 5.12. The van der Waals surface area contributed by atoms with Crippen molar-refractivity contribution in [3.8, 4) is 5.75 Å². The minimum atomic E-state index is -0.686. The number of fused-ring (bicyclic) bond motifs is 1. The number of rotatable bonds is 5. The highest BCUT2D eigenvalue weighted by molar-refractivity contribution is 7.07. The number of methoxy groups -OCH3 is 1. The molecule has 0 bridgehead atoms. The summed E-state index contributed by atoms with van der Waals surface area (Å²) >= 11 is 7.55. The number of allylic oxidation sites excluding steroid dienone is 1. The molecule has 0 N–H and O–H groups in total. The molecule has 0 amide bonds. The summed E-state index contributed by atoms with van der Waals surface area (Å²) in [5.74, 6) is 0.125. The fourth-order valence-corrected chi connectivity index (χ4v) is 4.88. The van der Waals surface area contributed by atoms with Crippen molar-refractivity contribution in [1.29, 1.82) is 0 Å². The van der Waals surface area contributed by atoms with Crippen molar-refractivity contribution in [2.45, 2.75) is 19.9 Å². The predicted octanol–water partition coefficient (Wildman–Crippen LogP) is 3.46. The normalized spacial score (nSPS) is 15.9. The third-order valence-corrected chi connectivity index (χ3v) is 6.45. The molecule has 32 heavy (non-hydrogen) atoms. The molecule has 8 heteroatoms. The van der Waals surface area contributed by atoms with Crippen LogP contribution in [-0.2, 0) is 9.53 Å². The van der Waals surface area contributed by atoms with E-state index in [0.29, 0.717) is 31.4 Å². The summed E-state index contributed by atoms with van der Waals surface area (Å²) < 4.78 is 12.7. The highest BCUT2D eigenvalue weighted by Crippen LogP contribution is 2.32. The van der Waals surface area contributed by atoms with Gasteiger partial charge in [-0.1, -0.05) is 53.3 Å². The van der Waals surface area contributed by atoms with E-state index >= 15 is 0 Å². The van der Waals surface area contributed by atoms with Crippen LogP contribution >= 0.6 is 22.9 Å². The zero-order chi connectivity index (χ0) is 22.8. The molecular formula is C24H21ClN2O4S. The summed E-state index contributed by atoms with van der Waals surface area (Å²) in [7, 11) is 1.57. The number of hydrogen-bond donors (Lipinski definition) is 0. The Morgan fingerprint density at radius 2 is 2.03 bits per heavy atom. The van der Waals surface area contributed by atoms with Crippen molar-refractivity contribution in [2.75, 3.05) is 13.7 Å². The van der Waals surface area contributed by atoms with E-state index in [1.165, 1.54) is 11.3 Å². The molecule has 0 aliphatic carbocycles. The van der Waals surface area contributed by atoms with Crippen molar-refractivity contribution in [3.63, 3.8) is 0 Å². The zero-order valence-electron chi connectivity index (χ0n) is 17.8. The van der Waals surface area contributed by atoms with Gasteiger partial charge in [-0.25, -0.2) is 9.79 Å². The van der Waals surface area contributed by atoms with Crippen molar-refractivity contribution < 1.29 is 14.3 Å². The van der Waals surface area contributed by atoms with Crippen LogP contribution in [0.4, 0.5) is 0 Å². The molecule has 0 spiro atoms. The molecule has 1 aliphatic heterocycles. The number of carbonyl (C=O) groups excluding carboxylic acids is 1. The molecule has 2 aromatic carbocycles. The topological polar surface area (TPSA) is 69.9 Å². The highest BCUT2D eigenvalue weighted by Gasteiger charge is 2.33. The number of hydrogen-bond acceptors (Lipinski definition) is 6. The second-order valence-electron chi connectivity index (χ2n) is 7.10. The van der Waals surface area contributed by atoms with Crippen molar-refractivity contribution in [2.24, 2.45) is 4.99 Å². The monoisotopic (exact) mass is 468 g/mol. The smallest absolute Gasteiger partial charge is 0.338 e. The molecule has 4 rings (SSSR count). The first-order valence-corrected chi connectivity index (χ1v) is 11.2. The summed E-state index contributed by atoms with van der Waals surface area (Å²) in [6, 6.07) is 13.9. The lowest BCUT2D eigenvalue weighted by Gasteiger charge is -2.25. The molecule has 0 saturated heterocycles. The Hall–Kier alpha value is -3.16. The first-order valence-electron chi connectivity index (χ1n) is 10.0. The highest BCUT2D eigenvalue weighted by atomic mass is 35.5. The van der Waals surface area contributed by atoms with E-state index in [9.17, 15) is 9.59 Å². The summed E-state index contributed by atoms with van der Waals surface area (Å²) in [6.07, 6.45) is 1.75. The predicted molar refractivity (Wildman–Crippen MR) is 125 cm³/mol. The molecule has 0 saturated carbocycles. The molecule has 2 heterocycles. The number of aromatic nitrogens is 1. The minimum absolute atomic E-state index is 0.220. The van der Waals surface area contributed by atoms with Gasteiger partial charge in [-0.2, -0.15) is 0 Å². The number of ether oxygens (including phenoxy) is 2. The number of esters is 1. The van der Waals surface area contributed by atoms with E-state index in [2.05, 4.69) is 4.99 Å². The number of benzene rings is 2. The zero-order valence-corrected chi connectivity index (χ0v) is 19.4. The number of nitrogens with zero attached hydrogens (tertiary/aromatic N) is 2. The Bertz CT molecular complexity index is 1400. The molecular weight excluding hydrogens is 448 g/mol. The molecule has 164 valence electrons. The van der Waals surface area contributed by atoms with Gasteiger partial charge in [0.1, 0.15) is 5.75 Å². The summed E-state index contributed by atoms with van der Waals surface area (Å²) in [4.78, 5) is 31.5. The molecule has 3 aromatic rings. The van der Waals surface area contributed by atoms with Crippen LogP contribution in [0.2, 0.25) is 5.02 Å². The van der Waals surface area contributed by atoms with Gasteiger partial charge in [-0.15, -0.1) is 0 Å². The van der Waals surface area contributed by atoms with Crippen LogP contribution in [-0.4, -0.2) is 24.3 Å². The molecule has 0 radical (unpaired) electrons. The number of halogens is 1.